The van der Waals surface area contributed by atoms with Gasteiger partial charge in [-0.05, 0) is 109 Å². The molecule has 45 heavy (non-hydrogen) atoms. The Labute approximate surface area is 263 Å². The van der Waals surface area contributed by atoms with Crippen molar-refractivity contribution in [1.29, 1.82) is 0 Å². The zero-order valence-electron chi connectivity index (χ0n) is 26.0. The molecule has 0 amide bonds. The third-order valence-electron chi connectivity index (χ3n) is 16.6. The van der Waals surface area contributed by atoms with Crippen molar-refractivity contribution in [3.8, 4) is 0 Å². The smallest absolute Gasteiger partial charge is 0.193 e. The number of nitrogens with two attached hydrogens (primary N) is 1. The number of carbonyl (C=O) groups excluding carboxylic acids is 2. The number of ether oxygens (including phenoxy) is 2. The van der Waals surface area contributed by atoms with Gasteiger partial charge in [0, 0.05) is 27.9 Å². The third-order valence-corrected chi connectivity index (χ3v) is 16.6. The molecule has 0 radical (unpaired) electrons. The van der Waals surface area contributed by atoms with Gasteiger partial charge in [0.05, 0.1) is 12.2 Å². The van der Waals surface area contributed by atoms with Crippen LogP contribution in [-0.4, -0.2) is 51.7 Å². The summed E-state index contributed by atoms with van der Waals surface area (Å²) in [5, 5.41) is 22.2. The van der Waals surface area contributed by atoms with E-state index >= 15 is 0 Å². The molecule has 10 aliphatic rings. The lowest BCUT2D eigenvalue weighted by Gasteiger charge is -2.79. The molecule has 7 nitrogen and oxygen atoms in total. The number of benzene rings is 1. The van der Waals surface area contributed by atoms with Crippen LogP contribution in [0, 0.1) is 69.5 Å². The SMILES string of the molecule is C[C@]12C=CC(=O)C=C1CC[C@@H]1[C@@H]2[C@@H](O)C[C@@]2(C)[C@H]1C[C@H]1O[C@@H](c3ccc(CC45CC6C4C4C7C5C7C64N)cc3)O[C@]12C(=O)CO. The average Bonchev–Trinajstić information content (AvgIpc) is 3.47. The number of hydrogen-bond donors (Lipinski definition) is 3. The molecular formula is C38H43NO6. The maximum atomic E-state index is 13.9. The first kappa shape index (κ1) is 26.9. The number of rotatable bonds is 5. The highest BCUT2D eigenvalue weighted by Gasteiger charge is 3.00. The molecule has 17 atom stereocenters. The molecule has 8 unspecified atom stereocenters. The summed E-state index contributed by atoms with van der Waals surface area (Å²) in [6, 6.07) is 8.67. The predicted molar refractivity (Wildman–Crippen MR) is 162 cm³/mol. The standard InChI is InChI=1S/C38H43NO6/c1-34-10-9-20(41)11-19(34)7-8-21-22-12-26-38(25(43)16-40,35(22,2)15-24(42)28(21)34)45-33(44-26)18-5-3-17(4-6-18)13-36-14-23-29(36)31-27-30(36)32(27)37(23,31)39/h3-6,9-11,21-24,26-33,40,42H,7-8,12-16,39H2,1-2H3/t21-,22-,23?,24-,26+,27?,28+,29?,30?,31?,32?,33+,34-,35-,36?,37?,38+/m0/s1. The van der Waals surface area contributed by atoms with E-state index in [9.17, 15) is 19.8 Å². The van der Waals surface area contributed by atoms with Crippen LogP contribution in [0.15, 0.2) is 48.1 Å². The van der Waals surface area contributed by atoms with Gasteiger partial charge in [-0.15, -0.1) is 0 Å². The molecule has 1 saturated heterocycles. The third kappa shape index (κ3) is 2.60. The molecule has 0 aromatic heterocycles. The van der Waals surface area contributed by atoms with Crippen molar-refractivity contribution >= 4 is 11.6 Å². The lowest BCUT2D eigenvalue weighted by molar-refractivity contribution is -0.285. The Morgan fingerprint density at radius 1 is 1.04 bits per heavy atom. The number of hydrogen-bond acceptors (Lipinski definition) is 7. The van der Waals surface area contributed by atoms with E-state index in [-0.39, 0.29) is 40.3 Å². The first-order chi connectivity index (χ1) is 21.5. The minimum absolute atomic E-state index is 0.0174. The van der Waals surface area contributed by atoms with Crippen LogP contribution in [-0.2, 0) is 25.5 Å². The van der Waals surface area contributed by atoms with Crippen molar-refractivity contribution in [1.82, 2.24) is 0 Å². The molecular weight excluding hydrogens is 566 g/mol. The van der Waals surface area contributed by atoms with E-state index < -0.39 is 36.1 Å². The van der Waals surface area contributed by atoms with Gasteiger partial charge in [0.15, 0.2) is 23.5 Å². The summed E-state index contributed by atoms with van der Waals surface area (Å²) in [6.07, 6.45) is 8.69. The van der Waals surface area contributed by atoms with Crippen molar-refractivity contribution in [3.63, 3.8) is 0 Å². The number of fused-ring (bicyclic) bond motifs is 11. The fraction of sp³-hybridized carbons (Fsp3) is 0.684. The highest BCUT2D eigenvalue weighted by molar-refractivity contribution is 6.01. The summed E-state index contributed by atoms with van der Waals surface area (Å²) in [5.41, 5.74) is 8.47. The fourth-order valence-electron chi connectivity index (χ4n) is 15.2. The Morgan fingerprint density at radius 2 is 1.82 bits per heavy atom. The van der Waals surface area contributed by atoms with Gasteiger partial charge in [0.25, 0.3) is 0 Å². The Morgan fingerprint density at radius 3 is 2.56 bits per heavy atom. The molecule has 236 valence electrons. The molecule has 8 saturated carbocycles. The number of Topliss-reactive ketones (excluding diaryl/α,β-unsaturated/α-hetero) is 1. The summed E-state index contributed by atoms with van der Waals surface area (Å²) >= 11 is 0. The summed E-state index contributed by atoms with van der Waals surface area (Å²) < 4.78 is 13.5. The van der Waals surface area contributed by atoms with Crippen LogP contribution < -0.4 is 5.73 Å². The lowest BCUT2D eigenvalue weighted by Crippen LogP contribution is -2.85. The van der Waals surface area contributed by atoms with Gasteiger partial charge in [-0.25, -0.2) is 0 Å². The van der Waals surface area contributed by atoms with Crippen molar-refractivity contribution in [2.45, 2.75) is 82.0 Å². The summed E-state index contributed by atoms with van der Waals surface area (Å²) in [4.78, 5) is 26.1. The van der Waals surface area contributed by atoms with E-state index in [1.54, 1.807) is 12.2 Å². The molecule has 9 aliphatic carbocycles. The topological polar surface area (TPSA) is 119 Å². The van der Waals surface area contributed by atoms with Gasteiger partial charge in [-0.3, -0.25) is 9.59 Å². The van der Waals surface area contributed by atoms with Crippen LogP contribution in [0.25, 0.3) is 0 Å². The summed E-state index contributed by atoms with van der Waals surface area (Å²) in [7, 11) is 0. The minimum Gasteiger partial charge on any atom is -0.393 e. The number of aliphatic hydroxyl groups excluding tert-OH is 2. The molecule has 1 heterocycles. The van der Waals surface area contributed by atoms with Crippen molar-refractivity contribution in [2.75, 3.05) is 6.61 Å². The zero-order chi connectivity index (χ0) is 30.6. The van der Waals surface area contributed by atoms with Gasteiger partial charge in [-0.1, -0.05) is 49.8 Å². The van der Waals surface area contributed by atoms with Crippen LogP contribution in [0.4, 0.5) is 0 Å². The highest BCUT2D eigenvalue weighted by atomic mass is 16.7. The van der Waals surface area contributed by atoms with Crippen LogP contribution in [0.1, 0.15) is 63.4 Å². The van der Waals surface area contributed by atoms with E-state index in [4.69, 9.17) is 15.2 Å². The Hall–Kier alpha value is -2.16. The molecule has 1 aromatic carbocycles. The van der Waals surface area contributed by atoms with E-state index in [1.807, 2.05) is 6.08 Å². The van der Waals surface area contributed by atoms with Gasteiger partial charge in [-0.2, -0.15) is 0 Å². The predicted octanol–water partition coefficient (Wildman–Crippen LogP) is 3.67. The Bertz CT molecular complexity index is 1660. The van der Waals surface area contributed by atoms with Crippen molar-refractivity contribution in [3.05, 3.63) is 59.2 Å². The lowest BCUT2D eigenvalue weighted by atomic mass is 9.26. The van der Waals surface area contributed by atoms with Crippen molar-refractivity contribution < 1.29 is 29.3 Å². The number of allylic oxidation sites excluding steroid dienone is 4. The van der Waals surface area contributed by atoms with E-state index in [1.165, 1.54) is 12.0 Å². The molecule has 7 heteroatoms. The van der Waals surface area contributed by atoms with Crippen LogP contribution in [0.3, 0.4) is 0 Å². The number of aliphatic hydroxyl groups is 2. The second kappa shape index (κ2) is 7.76. The maximum Gasteiger partial charge on any atom is 0.193 e. The van der Waals surface area contributed by atoms with Gasteiger partial charge < -0.3 is 25.4 Å². The molecule has 0 bridgehead atoms. The van der Waals surface area contributed by atoms with E-state index in [0.717, 1.165) is 65.9 Å². The first-order valence-electron chi connectivity index (χ1n) is 17.5. The Kier molecular flexibility index (Phi) is 4.63. The first-order valence-corrected chi connectivity index (χ1v) is 17.5. The monoisotopic (exact) mass is 609 g/mol. The molecule has 9 fully saturated rings. The highest BCUT2D eigenvalue weighted by Crippen LogP contribution is 2.99. The second-order valence-electron chi connectivity index (χ2n) is 17.5. The second-order valence-corrected chi connectivity index (χ2v) is 17.5. The van der Waals surface area contributed by atoms with Gasteiger partial charge in [0.1, 0.15) is 6.61 Å². The van der Waals surface area contributed by atoms with Crippen LogP contribution >= 0.6 is 0 Å². The maximum absolute atomic E-state index is 13.9. The molecule has 11 rings (SSSR count). The minimum atomic E-state index is -1.32. The van der Waals surface area contributed by atoms with E-state index in [0.29, 0.717) is 18.3 Å². The number of carbonyl (C=O) groups is 2. The summed E-state index contributed by atoms with van der Waals surface area (Å²) in [5.74, 6) is 4.90. The Balaban J connectivity index is 0.875. The molecule has 4 N–H and O–H groups in total. The van der Waals surface area contributed by atoms with Crippen LogP contribution in [0.5, 0.6) is 0 Å². The van der Waals surface area contributed by atoms with E-state index in [2.05, 4.69) is 38.1 Å². The van der Waals surface area contributed by atoms with Crippen molar-refractivity contribution in [2.24, 2.45) is 75.2 Å². The zero-order valence-corrected chi connectivity index (χ0v) is 26.0. The largest absolute Gasteiger partial charge is 0.393 e. The quantitative estimate of drug-likeness (QED) is 0.466. The average molecular weight is 610 g/mol. The van der Waals surface area contributed by atoms with Gasteiger partial charge in [0.2, 0.25) is 0 Å². The molecule has 1 aliphatic heterocycles. The normalized spacial score (nSPS) is 59.4. The van der Waals surface area contributed by atoms with Gasteiger partial charge >= 0.3 is 0 Å². The molecule has 0 spiro atoms. The summed E-state index contributed by atoms with van der Waals surface area (Å²) in [6.45, 7) is 3.62. The number of ketones is 2. The molecule has 1 aromatic rings. The van der Waals surface area contributed by atoms with Crippen LogP contribution in [0.2, 0.25) is 0 Å². The fourth-order valence-corrected chi connectivity index (χ4v) is 15.2.